The van der Waals surface area contributed by atoms with Crippen LogP contribution < -0.4 is 5.48 Å². The van der Waals surface area contributed by atoms with Gasteiger partial charge < -0.3 is 4.57 Å². The van der Waals surface area contributed by atoms with Crippen molar-refractivity contribution >= 4 is 16.9 Å². The summed E-state index contributed by atoms with van der Waals surface area (Å²) in [5.41, 5.74) is 4.86. The first-order valence-electron chi connectivity index (χ1n) is 6.21. The second-order valence-corrected chi connectivity index (χ2v) is 4.50. The molecule has 1 heterocycles. The van der Waals surface area contributed by atoms with Crippen LogP contribution in [0.5, 0.6) is 0 Å². The van der Waals surface area contributed by atoms with E-state index in [-0.39, 0.29) is 0 Å². The number of fused-ring (bicyclic) bond motifs is 1. The van der Waals surface area contributed by atoms with Crippen LogP contribution in [0.15, 0.2) is 54.9 Å². The summed E-state index contributed by atoms with van der Waals surface area (Å²) in [4.78, 5) is 15.8. The van der Waals surface area contributed by atoms with Crippen LogP contribution in [0.3, 0.4) is 0 Å². The van der Waals surface area contributed by atoms with Gasteiger partial charge in [-0.15, -0.1) is 0 Å². The van der Waals surface area contributed by atoms with Gasteiger partial charge in [0.2, 0.25) is 0 Å². The number of rotatable bonds is 3. The maximum atomic E-state index is 11.5. The van der Waals surface area contributed by atoms with Gasteiger partial charge in [-0.25, -0.2) is 10.5 Å². The van der Waals surface area contributed by atoms with Crippen molar-refractivity contribution in [3.8, 4) is 0 Å². The number of carbonyl (C=O) groups excluding carboxylic acids is 1. The van der Waals surface area contributed by atoms with Crippen molar-refractivity contribution < 1.29 is 10.0 Å². The van der Waals surface area contributed by atoms with Gasteiger partial charge in [-0.2, -0.15) is 0 Å². The number of nitrogens with one attached hydrogen (secondary N) is 1. The number of aromatic nitrogens is 2. The van der Waals surface area contributed by atoms with Gasteiger partial charge >= 0.3 is 0 Å². The zero-order chi connectivity index (χ0) is 13.9. The minimum Gasteiger partial charge on any atom is -0.326 e. The second kappa shape index (κ2) is 5.14. The average Bonchev–Trinajstić information content (AvgIpc) is 2.90. The number of hydrogen-bond donors (Lipinski definition) is 2. The van der Waals surface area contributed by atoms with E-state index in [0.29, 0.717) is 12.1 Å². The molecule has 5 nitrogen and oxygen atoms in total. The molecule has 3 aromatic rings. The molecule has 100 valence electrons. The molecular formula is C15H13N3O2. The molecule has 2 aromatic carbocycles. The van der Waals surface area contributed by atoms with Crippen molar-refractivity contribution in [3.63, 3.8) is 0 Å². The number of benzene rings is 2. The average molecular weight is 267 g/mol. The molecule has 1 amide bonds. The molecule has 1 aromatic heterocycles. The molecule has 3 rings (SSSR count). The van der Waals surface area contributed by atoms with Crippen molar-refractivity contribution in [2.45, 2.75) is 6.54 Å². The first-order chi connectivity index (χ1) is 9.78. The predicted molar refractivity (Wildman–Crippen MR) is 74.5 cm³/mol. The lowest BCUT2D eigenvalue weighted by Crippen LogP contribution is -2.18. The number of carbonyl (C=O) groups is 1. The third kappa shape index (κ3) is 2.26. The van der Waals surface area contributed by atoms with Crippen molar-refractivity contribution in [2.75, 3.05) is 0 Å². The summed E-state index contributed by atoms with van der Waals surface area (Å²) in [5, 5.41) is 8.69. The quantitative estimate of drug-likeness (QED) is 0.564. The Balaban J connectivity index is 2.01. The number of imidazole rings is 1. The third-order valence-corrected chi connectivity index (χ3v) is 3.18. The summed E-state index contributed by atoms with van der Waals surface area (Å²) in [7, 11) is 0. The van der Waals surface area contributed by atoms with Crippen molar-refractivity contribution in [1.29, 1.82) is 0 Å². The SMILES string of the molecule is O=C(NO)c1ccc2ncn(Cc3ccccc3)c2c1. The molecule has 0 radical (unpaired) electrons. The van der Waals surface area contributed by atoms with E-state index in [4.69, 9.17) is 5.21 Å². The molecular weight excluding hydrogens is 254 g/mol. The molecule has 0 saturated carbocycles. The van der Waals surface area contributed by atoms with Crippen molar-refractivity contribution in [2.24, 2.45) is 0 Å². The molecule has 20 heavy (non-hydrogen) atoms. The fraction of sp³-hybridized carbons (Fsp3) is 0.0667. The van der Waals surface area contributed by atoms with Gasteiger partial charge in [0.25, 0.3) is 5.91 Å². The van der Waals surface area contributed by atoms with Crippen LogP contribution >= 0.6 is 0 Å². The fourth-order valence-electron chi connectivity index (χ4n) is 2.17. The Morgan fingerprint density at radius 1 is 1.20 bits per heavy atom. The van der Waals surface area contributed by atoms with Crippen LogP contribution in [0.4, 0.5) is 0 Å². The first-order valence-corrected chi connectivity index (χ1v) is 6.21. The Bertz CT molecular complexity index is 750. The van der Waals surface area contributed by atoms with Gasteiger partial charge in [-0.3, -0.25) is 10.0 Å². The van der Waals surface area contributed by atoms with Gasteiger partial charge in [-0.1, -0.05) is 30.3 Å². The van der Waals surface area contributed by atoms with E-state index in [1.807, 2.05) is 34.9 Å². The lowest BCUT2D eigenvalue weighted by molar-refractivity contribution is 0.0706. The number of hydroxylamine groups is 1. The Hall–Kier alpha value is -2.66. The van der Waals surface area contributed by atoms with Crippen LogP contribution in [0, 0.1) is 0 Å². The van der Waals surface area contributed by atoms with Gasteiger partial charge in [0.15, 0.2) is 0 Å². The van der Waals surface area contributed by atoms with Crippen molar-refractivity contribution in [3.05, 3.63) is 66.0 Å². The van der Waals surface area contributed by atoms with E-state index in [0.717, 1.165) is 16.6 Å². The molecule has 2 N–H and O–H groups in total. The van der Waals surface area contributed by atoms with E-state index in [2.05, 4.69) is 4.98 Å². The molecule has 0 aliphatic carbocycles. The topological polar surface area (TPSA) is 67.2 Å². The lowest BCUT2D eigenvalue weighted by atomic mass is 10.2. The van der Waals surface area contributed by atoms with Crippen LogP contribution in [-0.2, 0) is 6.54 Å². The number of hydrogen-bond acceptors (Lipinski definition) is 3. The Labute approximate surface area is 115 Å². The zero-order valence-electron chi connectivity index (χ0n) is 10.7. The molecule has 0 bridgehead atoms. The van der Waals surface area contributed by atoms with E-state index < -0.39 is 5.91 Å². The van der Waals surface area contributed by atoms with E-state index in [1.165, 1.54) is 0 Å². The summed E-state index contributed by atoms with van der Waals surface area (Å²) < 4.78 is 1.97. The van der Waals surface area contributed by atoms with E-state index >= 15 is 0 Å². The van der Waals surface area contributed by atoms with Gasteiger partial charge in [0, 0.05) is 12.1 Å². The highest BCUT2D eigenvalue weighted by atomic mass is 16.5. The summed E-state index contributed by atoms with van der Waals surface area (Å²) >= 11 is 0. The maximum absolute atomic E-state index is 11.5. The molecule has 0 atom stereocenters. The third-order valence-electron chi connectivity index (χ3n) is 3.18. The Morgan fingerprint density at radius 2 is 2.00 bits per heavy atom. The maximum Gasteiger partial charge on any atom is 0.274 e. The summed E-state index contributed by atoms with van der Waals surface area (Å²) in [6.45, 7) is 0.682. The largest absolute Gasteiger partial charge is 0.326 e. The predicted octanol–water partition coefficient (Wildman–Crippen LogP) is 2.20. The standard InChI is InChI=1S/C15H13N3O2/c19-15(17-20)12-6-7-13-14(8-12)18(10-16-13)9-11-4-2-1-3-5-11/h1-8,10,20H,9H2,(H,17,19). The fourth-order valence-corrected chi connectivity index (χ4v) is 2.17. The smallest absolute Gasteiger partial charge is 0.274 e. The molecule has 0 aliphatic heterocycles. The zero-order valence-corrected chi connectivity index (χ0v) is 10.7. The van der Waals surface area contributed by atoms with Crippen LogP contribution in [0.25, 0.3) is 11.0 Å². The van der Waals surface area contributed by atoms with E-state index in [9.17, 15) is 4.79 Å². The highest BCUT2D eigenvalue weighted by Gasteiger charge is 2.08. The normalized spacial score (nSPS) is 10.7. The second-order valence-electron chi connectivity index (χ2n) is 4.50. The molecule has 0 aliphatic rings. The van der Waals surface area contributed by atoms with Gasteiger partial charge in [0.05, 0.1) is 17.4 Å². The first kappa shape index (κ1) is 12.4. The Morgan fingerprint density at radius 3 is 2.75 bits per heavy atom. The lowest BCUT2D eigenvalue weighted by Gasteiger charge is -2.05. The summed E-state index contributed by atoms with van der Waals surface area (Å²) in [6.07, 6.45) is 1.75. The van der Waals surface area contributed by atoms with E-state index in [1.54, 1.807) is 30.0 Å². The monoisotopic (exact) mass is 267 g/mol. The minimum absolute atomic E-state index is 0.398. The van der Waals surface area contributed by atoms with Crippen molar-refractivity contribution in [1.82, 2.24) is 15.0 Å². The highest BCUT2D eigenvalue weighted by Crippen LogP contribution is 2.16. The molecule has 0 spiro atoms. The summed E-state index contributed by atoms with van der Waals surface area (Å²) in [5.74, 6) is -0.528. The van der Waals surface area contributed by atoms with Crippen LogP contribution in [-0.4, -0.2) is 20.7 Å². The van der Waals surface area contributed by atoms with Gasteiger partial charge in [-0.05, 0) is 23.8 Å². The Kier molecular flexibility index (Phi) is 3.18. The number of nitrogens with zero attached hydrogens (tertiary/aromatic N) is 2. The molecule has 0 saturated heterocycles. The summed E-state index contributed by atoms with van der Waals surface area (Å²) in [6, 6.07) is 15.1. The van der Waals surface area contributed by atoms with Crippen LogP contribution in [0.1, 0.15) is 15.9 Å². The molecule has 0 unspecified atom stereocenters. The minimum atomic E-state index is -0.528. The van der Waals surface area contributed by atoms with Crippen LogP contribution in [0.2, 0.25) is 0 Å². The number of amides is 1. The molecule has 5 heteroatoms. The molecule has 0 fully saturated rings. The van der Waals surface area contributed by atoms with Gasteiger partial charge in [0.1, 0.15) is 0 Å². The highest BCUT2D eigenvalue weighted by molar-refractivity contribution is 5.96.